The third-order valence-corrected chi connectivity index (χ3v) is 3.77. The molecule has 4 heteroatoms. The van der Waals surface area contributed by atoms with Crippen LogP contribution in [0.15, 0.2) is 30.3 Å². The van der Waals surface area contributed by atoms with Crippen LogP contribution in [0.4, 0.5) is 13.2 Å². The molecule has 0 aliphatic carbocycles. The van der Waals surface area contributed by atoms with Gasteiger partial charge in [0.2, 0.25) is 0 Å². The second kappa shape index (κ2) is 8.04. The highest BCUT2D eigenvalue weighted by Crippen LogP contribution is 2.30. The van der Waals surface area contributed by atoms with E-state index in [9.17, 15) is 13.2 Å². The number of hydrogen-bond donors (Lipinski definition) is 0. The van der Waals surface area contributed by atoms with Gasteiger partial charge < -0.3 is 4.74 Å². The molecule has 0 saturated heterocycles. The molecule has 0 saturated carbocycles. The molecule has 0 radical (unpaired) electrons. The van der Waals surface area contributed by atoms with Crippen LogP contribution in [0, 0.1) is 24.4 Å². The minimum Gasteiger partial charge on any atom is -0.493 e. The van der Waals surface area contributed by atoms with Gasteiger partial charge in [-0.05, 0) is 31.0 Å². The van der Waals surface area contributed by atoms with Crippen LogP contribution in [0.5, 0.6) is 5.75 Å². The van der Waals surface area contributed by atoms with Crippen molar-refractivity contribution < 1.29 is 17.9 Å². The zero-order valence-electron chi connectivity index (χ0n) is 13.5. The normalized spacial score (nSPS) is 10.8. The molecule has 0 bridgehead atoms. The van der Waals surface area contributed by atoms with Crippen LogP contribution in [-0.2, 0) is 0 Å². The van der Waals surface area contributed by atoms with E-state index in [-0.39, 0.29) is 16.7 Å². The van der Waals surface area contributed by atoms with E-state index >= 15 is 0 Å². The van der Waals surface area contributed by atoms with Gasteiger partial charge in [0.15, 0.2) is 11.6 Å². The summed E-state index contributed by atoms with van der Waals surface area (Å²) in [6.07, 6.45) is 4.27. The van der Waals surface area contributed by atoms with Crippen molar-refractivity contribution in [2.75, 3.05) is 6.61 Å². The van der Waals surface area contributed by atoms with Gasteiger partial charge in [-0.1, -0.05) is 38.3 Å². The monoisotopic (exact) mass is 322 g/mol. The van der Waals surface area contributed by atoms with Crippen molar-refractivity contribution >= 4 is 0 Å². The highest BCUT2D eigenvalue weighted by molar-refractivity contribution is 5.66. The minimum absolute atomic E-state index is 0.0275. The maximum absolute atomic E-state index is 14.2. The molecule has 0 unspecified atom stereocenters. The molecule has 2 rings (SSSR count). The highest BCUT2D eigenvalue weighted by Gasteiger charge is 2.16. The minimum atomic E-state index is -1.03. The Hall–Kier alpha value is -1.97. The summed E-state index contributed by atoms with van der Waals surface area (Å²) >= 11 is 0. The molecule has 0 fully saturated rings. The highest BCUT2D eigenvalue weighted by atomic mass is 19.2. The molecule has 0 N–H and O–H groups in total. The van der Waals surface area contributed by atoms with Gasteiger partial charge in [0, 0.05) is 17.2 Å². The second-order valence-electron chi connectivity index (χ2n) is 5.61. The van der Waals surface area contributed by atoms with Crippen LogP contribution in [0.2, 0.25) is 0 Å². The first kappa shape index (κ1) is 17.4. The molecule has 0 heterocycles. The average molecular weight is 322 g/mol. The number of ether oxygens (including phenoxy) is 1. The summed E-state index contributed by atoms with van der Waals surface area (Å²) in [5.74, 6) is -2.20. The lowest BCUT2D eigenvalue weighted by Crippen LogP contribution is -1.99. The Morgan fingerprint density at radius 2 is 1.61 bits per heavy atom. The van der Waals surface area contributed by atoms with Gasteiger partial charge in [0.25, 0.3) is 0 Å². The number of benzene rings is 2. The van der Waals surface area contributed by atoms with Crippen molar-refractivity contribution in [2.24, 2.45) is 0 Å². The summed E-state index contributed by atoms with van der Waals surface area (Å²) in [4.78, 5) is 0. The fraction of sp³-hybridized carbons (Fsp3) is 0.368. The van der Waals surface area contributed by atoms with Crippen molar-refractivity contribution in [1.29, 1.82) is 0 Å². The fourth-order valence-electron chi connectivity index (χ4n) is 2.38. The molecular weight excluding hydrogens is 301 g/mol. The first-order chi connectivity index (χ1) is 11.0. The Kier molecular flexibility index (Phi) is 6.08. The van der Waals surface area contributed by atoms with Crippen molar-refractivity contribution in [3.63, 3.8) is 0 Å². The SMILES string of the molecule is CCCCCCOc1ccc(-c2ccc(C)c(F)c2F)c(F)c1. The first-order valence-corrected chi connectivity index (χ1v) is 7.92. The predicted molar refractivity (Wildman–Crippen MR) is 86.1 cm³/mol. The third-order valence-electron chi connectivity index (χ3n) is 3.77. The molecule has 1 nitrogen and oxygen atoms in total. The summed E-state index contributed by atoms with van der Waals surface area (Å²) in [5, 5.41) is 0. The lowest BCUT2D eigenvalue weighted by Gasteiger charge is -2.10. The summed E-state index contributed by atoms with van der Waals surface area (Å²) in [6.45, 7) is 4.11. The van der Waals surface area contributed by atoms with E-state index in [4.69, 9.17) is 4.74 Å². The zero-order chi connectivity index (χ0) is 16.8. The van der Waals surface area contributed by atoms with E-state index < -0.39 is 17.5 Å². The molecule has 0 atom stereocenters. The van der Waals surface area contributed by atoms with Crippen LogP contribution < -0.4 is 4.74 Å². The standard InChI is InChI=1S/C19H21F3O/c1-3-4-5-6-11-23-14-8-10-15(17(20)12-14)16-9-7-13(2)18(21)19(16)22/h7-10,12H,3-6,11H2,1-2H3. The van der Waals surface area contributed by atoms with E-state index in [0.717, 1.165) is 25.7 Å². The number of hydrogen-bond acceptors (Lipinski definition) is 1. The van der Waals surface area contributed by atoms with Crippen LogP contribution in [-0.4, -0.2) is 6.61 Å². The quantitative estimate of drug-likeness (QED) is 0.565. The summed E-state index contributed by atoms with van der Waals surface area (Å²) in [6, 6.07) is 7.04. The van der Waals surface area contributed by atoms with Gasteiger partial charge in [-0.2, -0.15) is 0 Å². The molecule has 0 aliphatic rings. The first-order valence-electron chi connectivity index (χ1n) is 7.92. The Balaban J connectivity index is 2.12. The molecule has 124 valence electrons. The topological polar surface area (TPSA) is 9.23 Å². The van der Waals surface area contributed by atoms with Gasteiger partial charge in [-0.3, -0.25) is 0 Å². The van der Waals surface area contributed by atoms with Crippen LogP contribution >= 0.6 is 0 Å². The Bertz CT molecular complexity index is 668. The van der Waals surface area contributed by atoms with E-state index in [1.54, 1.807) is 6.07 Å². The molecule has 0 spiro atoms. The molecule has 2 aromatic carbocycles. The Morgan fingerprint density at radius 1 is 0.870 bits per heavy atom. The molecule has 0 aromatic heterocycles. The van der Waals surface area contributed by atoms with E-state index in [1.165, 1.54) is 31.2 Å². The van der Waals surface area contributed by atoms with E-state index in [2.05, 4.69) is 6.92 Å². The maximum Gasteiger partial charge on any atom is 0.167 e. The second-order valence-corrected chi connectivity index (χ2v) is 5.61. The summed E-state index contributed by atoms with van der Waals surface area (Å²) in [7, 11) is 0. The smallest absolute Gasteiger partial charge is 0.167 e. The van der Waals surface area contributed by atoms with Gasteiger partial charge in [-0.25, -0.2) is 13.2 Å². The lowest BCUT2D eigenvalue weighted by molar-refractivity contribution is 0.303. The molecular formula is C19H21F3O. The van der Waals surface area contributed by atoms with E-state index in [1.807, 2.05) is 0 Å². The van der Waals surface area contributed by atoms with Gasteiger partial charge >= 0.3 is 0 Å². The molecule has 0 aliphatic heterocycles. The maximum atomic E-state index is 14.2. The lowest BCUT2D eigenvalue weighted by atomic mass is 10.0. The predicted octanol–water partition coefficient (Wildman–Crippen LogP) is 6.04. The Labute approximate surface area is 135 Å². The number of aryl methyl sites for hydroxylation is 1. The summed E-state index contributed by atoms with van der Waals surface area (Å²) in [5.41, 5.74) is 0.138. The average Bonchev–Trinajstić information content (AvgIpc) is 2.54. The van der Waals surface area contributed by atoms with Crippen molar-refractivity contribution in [3.05, 3.63) is 53.3 Å². The molecule has 2 aromatic rings. The number of halogens is 3. The van der Waals surface area contributed by atoms with Crippen LogP contribution in [0.3, 0.4) is 0 Å². The van der Waals surface area contributed by atoms with Crippen LogP contribution in [0.25, 0.3) is 11.1 Å². The molecule has 0 amide bonds. The summed E-state index contributed by atoms with van der Waals surface area (Å²) < 4.78 is 47.3. The van der Waals surface area contributed by atoms with Crippen molar-refractivity contribution in [2.45, 2.75) is 39.5 Å². The van der Waals surface area contributed by atoms with Gasteiger partial charge in [0.1, 0.15) is 11.6 Å². The van der Waals surface area contributed by atoms with Crippen molar-refractivity contribution in [3.8, 4) is 16.9 Å². The fourth-order valence-corrected chi connectivity index (χ4v) is 2.38. The third kappa shape index (κ3) is 4.27. The van der Waals surface area contributed by atoms with Gasteiger partial charge in [0.05, 0.1) is 6.61 Å². The van der Waals surface area contributed by atoms with Crippen molar-refractivity contribution in [1.82, 2.24) is 0 Å². The zero-order valence-corrected chi connectivity index (χ0v) is 13.5. The Morgan fingerprint density at radius 3 is 2.30 bits per heavy atom. The van der Waals surface area contributed by atoms with Crippen LogP contribution in [0.1, 0.15) is 38.2 Å². The largest absolute Gasteiger partial charge is 0.493 e. The van der Waals surface area contributed by atoms with E-state index in [0.29, 0.717) is 12.4 Å². The van der Waals surface area contributed by atoms with Gasteiger partial charge in [-0.15, -0.1) is 0 Å². The number of unbranched alkanes of at least 4 members (excludes halogenated alkanes) is 3. The molecule has 23 heavy (non-hydrogen) atoms. The number of rotatable bonds is 7.